The Bertz CT molecular complexity index is 818. The average Bonchev–Trinajstić information content (AvgIpc) is 3.20. The first-order valence-electron chi connectivity index (χ1n) is 9.86. The number of benzene rings is 1. The van der Waals surface area contributed by atoms with Crippen LogP contribution < -0.4 is 10.6 Å². The molecule has 2 aliphatic rings. The predicted molar refractivity (Wildman–Crippen MR) is 111 cm³/mol. The molecular weight excluding hydrogens is 376 g/mol. The van der Waals surface area contributed by atoms with Crippen molar-refractivity contribution < 1.29 is 9.32 Å². The fourth-order valence-corrected chi connectivity index (χ4v) is 4.14. The van der Waals surface area contributed by atoms with Crippen molar-refractivity contribution in [2.45, 2.75) is 71.0 Å². The summed E-state index contributed by atoms with van der Waals surface area (Å²) in [5, 5.41) is 10.9. The molecule has 0 spiro atoms. The summed E-state index contributed by atoms with van der Waals surface area (Å²) in [6.07, 6.45) is 5.20. The molecule has 1 aromatic carbocycles. The van der Waals surface area contributed by atoms with Gasteiger partial charge in [0.2, 0.25) is 11.7 Å². The molecule has 7 heteroatoms. The van der Waals surface area contributed by atoms with Crippen molar-refractivity contribution >= 4 is 18.3 Å². The molecule has 0 radical (unpaired) electrons. The lowest BCUT2D eigenvalue weighted by molar-refractivity contribution is 0.0924. The Morgan fingerprint density at radius 3 is 2.64 bits per heavy atom. The van der Waals surface area contributed by atoms with E-state index in [0.717, 1.165) is 24.8 Å². The summed E-state index contributed by atoms with van der Waals surface area (Å²) in [6, 6.07) is 8.83. The fraction of sp³-hybridized carbons (Fsp3) is 0.571. The van der Waals surface area contributed by atoms with Crippen LogP contribution in [0.5, 0.6) is 0 Å². The quantitative estimate of drug-likeness (QED) is 0.810. The van der Waals surface area contributed by atoms with Gasteiger partial charge in [-0.3, -0.25) is 4.79 Å². The van der Waals surface area contributed by atoms with Gasteiger partial charge in [0.25, 0.3) is 5.91 Å². The highest BCUT2D eigenvalue weighted by molar-refractivity contribution is 5.95. The molecule has 1 amide bonds. The Morgan fingerprint density at radius 2 is 1.96 bits per heavy atom. The van der Waals surface area contributed by atoms with E-state index in [0.29, 0.717) is 29.4 Å². The number of piperidine rings is 1. The number of nitrogens with zero attached hydrogens (tertiary/aromatic N) is 2. The van der Waals surface area contributed by atoms with Gasteiger partial charge in [-0.25, -0.2) is 0 Å². The standard InChI is InChI=1S/C21H28N4O2.ClH/c1-21(2,3)12-18-24-19(25-27-18)13-5-4-6-14(9-13)20(26)23-17-10-15-7-8-16(11-17)22-15;/h4-6,9,15-17,22H,7-8,10-12H2,1-3H3,(H,23,26);1H. The van der Waals surface area contributed by atoms with Crippen LogP contribution in [-0.4, -0.2) is 34.2 Å². The minimum Gasteiger partial charge on any atom is -0.349 e. The van der Waals surface area contributed by atoms with Gasteiger partial charge in [-0.05, 0) is 43.2 Å². The van der Waals surface area contributed by atoms with Gasteiger partial charge in [0.1, 0.15) is 0 Å². The number of hydrogen-bond donors (Lipinski definition) is 2. The number of carbonyl (C=O) groups is 1. The molecule has 2 bridgehead atoms. The predicted octanol–water partition coefficient (Wildman–Crippen LogP) is 3.76. The molecule has 2 saturated heterocycles. The van der Waals surface area contributed by atoms with Crippen molar-refractivity contribution in [3.8, 4) is 11.4 Å². The Hall–Kier alpha value is -1.92. The fourth-order valence-electron chi connectivity index (χ4n) is 4.14. The first kappa shape index (κ1) is 20.8. The third-order valence-corrected chi connectivity index (χ3v) is 5.34. The number of halogens is 1. The van der Waals surface area contributed by atoms with E-state index in [9.17, 15) is 4.79 Å². The van der Waals surface area contributed by atoms with E-state index >= 15 is 0 Å². The summed E-state index contributed by atoms with van der Waals surface area (Å²) >= 11 is 0. The molecule has 3 heterocycles. The van der Waals surface area contributed by atoms with Crippen molar-refractivity contribution in [1.82, 2.24) is 20.8 Å². The lowest BCUT2D eigenvalue weighted by Gasteiger charge is -2.29. The molecule has 2 aromatic rings. The molecule has 1 aromatic heterocycles. The zero-order chi connectivity index (χ0) is 19.0. The molecule has 4 rings (SSSR count). The smallest absolute Gasteiger partial charge is 0.251 e. The van der Waals surface area contributed by atoms with Gasteiger partial charge in [0.05, 0.1) is 0 Å². The Morgan fingerprint density at radius 1 is 1.25 bits per heavy atom. The Kier molecular flexibility index (Phi) is 6.10. The highest BCUT2D eigenvalue weighted by Crippen LogP contribution is 2.27. The molecule has 28 heavy (non-hydrogen) atoms. The normalized spacial score (nSPS) is 23.9. The number of rotatable bonds is 4. The van der Waals surface area contributed by atoms with Crippen LogP contribution in [0.3, 0.4) is 0 Å². The summed E-state index contributed by atoms with van der Waals surface area (Å²) in [7, 11) is 0. The lowest BCUT2D eigenvalue weighted by Crippen LogP contribution is -2.48. The van der Waals surface area contributed by atoms with Crippen LogP contribution in [0.15, 0.2) is 28.8 Å². The zero-order valence-electron chi connectivity index (χ0n) is 16.7. The maximum Gasteiger partial charge on any atom is 0.251 e. The van der Waals surface area contributed by atoms with Crippen LogP contribution in [0.1, 0.15) is 62.7 Å². The lowest BCUT2D eigenvalue weighted by atomic mass is 9.92. The van der Waals surface area contributed by atoms with E-state index in [1.807, 2.05) is 24.3 Å². The Balaban J connectivity index is 0.00000225. The van der Waals surface area contributed by atoms with E-state index in [4.69, 9.17) is 4.52 Å². The van der Waals surface area contributed by atoms with E-state index < -0.39 is 0 Å². The van der Waals surface area contributed by atoms with Crippen molar-refractivity contribution in [3.63, 3.8) is 0 Å². The first-order valence-corrected chi connectivity index (χ1v) is 9.86. The second-order valence-corrected chi connectivity index (χ2v) is 9.11. The van der Waals surface area contributed by atoms with E-state index in [1.165, 1.54) is 12.8 Å². The largest absolute Gasteiger partial charge is 0.349 e. The van der Waals surface area contributed by atoms with Gasteiger partial charge < -0.3 is 15.2 Å². The highest BCUT2D eigenvalue weighted by Gasteiger charge is 2.34. The van der Waals surface area contributed by atoms with Crippen LogP contribution in [0.4, 0.5) is 0 Å². The monoisotopic (exact) mass is 404 g/mol. The summed E-state index contributed by atoms with van der Waals surface area (Å²) < 4.78 is 5.38. The first-order chi connectivity index (χ1) is 12.9. The zero-order valence-corrected chi connectivity index (χ0v) is 17.5. The number of carbonyl (C=O) groups excluding carboxylic acids is 1. The summed E-state index contributed by atoms with van der Waals surface area (Å²) in [5.41, 5.74) is 1.53. The summed E-state index contributed by atoms with van der Waals surface area (Å²) in [6.45, 7) is 6.40. The third kappa shape index (κ3) is 4.92. The number of hydrogen-bond acceptors (Lipinski definition) is 5. The van der Waals surface area contributed by atoms with Gasteiger partial charge in [0.15, 0.2) is 0 Å². The van der Waals surface area contributed by atoms with Gasteiger partial charge in [-0.15, -0.1) is 12.4 Å². The number of aromatic nitrogens is 2. The van der Waals surface area contributed by atoms with E-state index in [1.54, 1.807) is 0 Å². The maximum atomic E-state index is 12.7. The van der Waals surface area contributed by atoms with Crippen molar-refractivity contribution in [3.05, 3.63) is 35.7 Å². The molecule has 152 valence electrons. The van der Waals surface area contributed by atoms with Crippen molar-refractivity contribution in [2.24, 2.45) is 5.41 Å². The SMILES string of the molecule is CC(C)(C)Cc1nc(-c2cccc(C(=O)NC3CC4CCC(C3)N4)c2)no1.Cl. The van der Waals surface area contributed by atoms with Gasteiger partial charge in [-0.1, -0.05) is 38.1 Å². The molecule has 2 unspecified atom stereocenters. The molecule has 2 atom stereocenters. The van der Waals surface area contributed by atoms with Crippen molar-refractivity contribution in [2.75, 3.05) is 0 Å². The molecular formula is C21H29ClN4O2. The highest BCUT2D eigenvalue weighted by atomic mass is 35.5. The molecule has 2 aliphatic heterocycles. The van der Waals surface area contributed by atoms with E-state index in [-0.39, 0.29) is 29.8 Å². The topological polar surface area (TPSA) is 80.0 Å². The van der Waals surface area contributed by atoms with Crippen molar-refractivity contribution in [1.29, 1.82) is 0 Å². The van der Waals surface area contributed by atoms with Crippen LogP contribution >= 0.6 is 12.4 Å². The number of amides is 1. The van der Waals surface area contributed by atoms with Crippen LogP contribution in [-0.2, 0) is 6.42 Å². The van der Waals surface area contributed by atoms with E-state index in [2.05, 4.69) is 41.5 Å². The summed E-state index contributed by atoms with van der Waals surface area (Å²) in [4.78, 5) is 17.2. The second-order valence-electron chi connectivity index (χ2n) is 9.11. The van der Waals surface area contributed by atoms with Gasteiger partial charge >= 0.3 is 0 Å². The second kappa shape index (κ2) is 8.21. The average molecular weight is 405 g/mol. The number of fused-ring (bicyclic) bond motifs is 2. The van der Waals surface area contributed by atoms with Crippen LogP contribution in [0.25, 0.3) is 11.4 Å². The molecule has 2 N–H and O–H groups in total. The molecule has 0 saturated carbocycles. The number of nitrogens with one attached hydrogen (secondary N) is 2. The van der Waals surface area contributed by atoms with Crippen LogP contribution in [0, 0.1) is 5.41 Å². The Labute approximate surface area is 172 Å². The van der Waals surface area contributed by atoms with Gasteiger partial charge in [-0.2, -0.15) is 4.98 Å². The summed E-state index contributed by atoms with van der Waals surface area (Å²) in [5.74, 6) is 1.13. The van der Waals surface area contributed by atoms with Crippen LogP contribution in [0.2, 0.25) is 0 Å². The third-order valence-electron chi connectivity index (χ3n) is 5.34. The molecule has 2 fully saturated rings. The molecule has 0 aliphatic carbocycles. The maximum absolute atomic E-state index is 12.7. The molecule has 6 nitrogen and oxygen atoms in total. The minimum atomic E-state index is -0.0263. The van der Waals surface area contributed by atoms with Gasteiger partial charge in [0, 0.05) is 35.7 Å². The minimum absolute atomic E-state index is 0.